The van der Waals surface area contributed by atoms with Crippen LogP contribution in [0.25, 0.3) is 0 Å². The van der Waals surface area contributed by atoms with Crippen molar-refractivity contribution in [2.24, 2.45) is 0 Å². The summed E-state index contributed by atoms with van der Waals surface area (Å²) in [4.78, 5) is 2.47. The van der Waals surface area contributed by atoms with Crippen LogP contribution in [0, 0.1) is 6.92 Å². The second-order valence-electron chi connectivity index (χ2n) is 7.21. The summed E-state index contributed by atoms with van der Waals surface area (Å²) in [5.74, 6) is 1.94. The lowest BCUT2D eigenvalue weighted by Gasteiger charge is -2.34. The van der Waals surface area contributed by atoms with Crippen molar-refractivity contribution in [3.05, 3.63) is 48.0 Å². The number of sulfonamides is 1. The van der Waals surface area contributed by atoms with E-state index < -0.39 is 10.0 Å². The van der Waals surface area contributed by atoms with Gasteiger partial charge >= 0.3 is 0 Å². The van der Waals surface area contributed by atoms with Crippen molar-refractivity contribution >= 4 is 10.0 Å². The van der Waals surface area contributed by atoms with E-state index in [2.05, 4.69) is 4.90 Å². The molecule has 0 atom stereocenters. The minimum absolute atomic E-state index is 0.248. The number of ether oxygens (including phenoxy) is 3. The van der Waals surface area contributed by atoms with Crippen LogP contribution in [0.3, 0.4) is 0 Å². The third kappa shape index (κ3) is 4.66. The Morgan fingerprint density at radius 2 is 1.62 bits per heavy atom. The third-order valence-corrected chi connectivity index (χ3v) is 7.07. The Morgan fingerprint density at radius 3 is 2.34 bits per heavy atom. The van der Waals surface area contributed by atoms with Gasteiger partial charge in [0.2, 0.25) is 10.0 Å². The monoisotopic (exact) mass is 418 g/mol. The molecule has 0 radical (unpaired) electrons. The molecule has 1 saturated heterocycles. The lowest BCUT2D eigenvalue weighted by Crippen LogP contribution is -2.49. The number of nitrogens with zero attached hydrogens (tertiary/aromatic N) is 2. The van der Waals surface area contributed by atoms with Gasteiger partial charge in [-0.25, -0.2) is 8.42 Å². The van der Waals surface area contributed by atoms with Crippen LogP contribution in [-0.2, 0) is 10.0 Å². The van der Waals surface area contributed by atoms with Crippen molar-refractivity contribution in [3.63, 3.8) is 0 Å². The molecule has 0 amide bonds. The highest BCUT2D eigenvalue weighted by molar-refractivity contribution is 7.89. The Labute approximate surface area is 171 Å². The molecule has 1 fully saturated rings. The summed E-state index contributed by atoms with van der Waals surface area (Å²) in [6.45, 7) is 6.59. The number of piperazine rings is 1. The van der Waals surface area contributed by atoms with Crippen LogP contribution in [0.1, 0.15) is 5.56 Å². The summed E-state index contributed by atoms with van der Waals surface area (Å²) in [6.07, 6.45) is 0. The Bertz CT molecular complexity index is 938. The van der Waals surface area contributed by atoms with Gasteiger partial charge in [0.15, 0.2) is 11.5 Å². The van der Waals surface area contributed by atoms with Crippen molar-refractivity contribution < 1.29 is 22.6 Å². The fraction of sp³-hybridized carbons (Fsp3) is 0.429. The molecule has 2 heterocycles. The van der Waals surface area contributed by atoms with E-state index in [0.29, 0.717) is 57.5 Å². The zero-order chi connectivity index (χ0) is 20.3. The van der Waals surface area contributed by atoms with Crippen LogP contribution >= 0.6 is 0 Å². The van der Waals surface area contributed by atoms with Crippen LogP contribution in [0.4, 0.5) is 0 Å². The highest BCUT2D eigenvalue weighted by Crippen LogP contribution is 2.33. The highest BCUT2D eigenvalue weighted by atomic mass is 32.2. The van der Waals surface area contributed by atoms with Gasteiger partial charge in [0, 0.05) is 38.8 Å². The molecule has 2 aliphatic rings. The number of hydrogen-bond acceptors (Lipinski definition) is 6. The molecule has 2 aromatic carbocycles. The molecule has 4 rings (SSSR count). The maximum atomic E-state index is 13.0. The van der Waals surface area contributed by atoms with Gasteiger partial charge in [0.05, 0.1) is 4.90 Å². The van der Waals surface area contributed by atoms with Crippen LogP contribution in [0.5, 0.6) is 17.2 Å². The van der Waals surface area contributed by atoms with E-state index in [9.17, 15) is 8.42 Å². The molecule has 7 nitrogen and oxygen atoms in total. The smallest absolute Gasteiger partial charge is 0.243 e. The molecule has 0 aromatic heterocycles. The summed E-state index contributed by atoms with van der Waals surface area (Å²) in [5, 5.41) is 0. The largest absolute Gasteiger partial charge is 0.492 e. The maximum Gasteiger partial charge on any atom is 0.243 e. The average molecular weight is 419 g/mol. The first-order valence-electron chi connectivity index (χ1n) is 9.84. The van der Waals surface area contributed by atoms with Crippen molar-refractivity contribution in [1.82, 2.24) is 9.21 Å². The lowest BCUT2D eigenvalue weighted by molar-refractivity contribution is 0.158. The first-order chi connectivity index (χ1) is 14.0. The predicted molar refractivity (Wildman–Crippen MR) is 109 cm³/mol. The fourth-order valence-corrected chi connectivity index (χ4v) is 4.89. The number of hydrogen-bond donors (Lipinski definition) is 0. The van der Waals surface area contributed by atoms with E-state index in [1.807, 2.05) is 31.2 Å². The Kier molecular flexibility index (Phi) is 5.94. The Hall–Kier alpha value is -2.29. The summed E-state index contributed by atoms with van der Waals surface area (Å²) in [5.41, 5.74) is 1.20. The quantitative estimate of drug-likeness (QED) is 0.716. The molecule has 0 bridgehead atoms. The summed E-state index contributed by atoms with van der Waals surface area (Å²) < 4.78 is 44.3. The van der Waals surface area contributed by atoms with Crippen LogP contribution < -0.4 is 14.2 Å². The third-order valence-electron chi connectivity index (χ3n) is 5.18. The minimum atomic E-state index is -3.55. The van der Waals surface area contributed by atoms with E-state index in [4.69, 9.17) is 14.2 Å². The maximum absolute atomic E-state index is 13.0. The molecule has 0 N–H and O–H groups in total. The van der Waals surface area contributed by atoms with Gasteiger partial charge in [0.25, 0.3) is 0 Å². The number of aryl methyl sites for hydroxylation is 1. The van der Waals surface area contributed by atoms with Gasteiger partial charge in [-0.3, -0.25) is 4.90 Å². The molecule has 0 saturated carbocycles. The van der Waals surface area contributed by atoms with Crippen molar-refractivity contribution in [1.29, 1.82) is 0 Å². The van der Waals surface area contributed by atoms with Crippen LogP contribution in [-0.4, -0.2) is 70.2 Å². The summed E-state index contributed by atoms with van der Waals surface area (Å²) >= 11 is 0. The number of fused-ring (bicyclic) bond motifs is 1. The van der Waals surface area contributed by atoms with E-state index in [-0.39, 0.29) is 4.90 Å². The number of rotatable bonds is 6. The molecular weight excluding hydrogens is 392 g/mol. The molecule has 2 aromatic rings. The predicted octanol–water partition coefficient (Wildman–Crippen LogP) is 2.15. The fourth-order valence-electron chi connectivity index (χ4n) is 3.45. The zero-order valence-electron chi connectivity index (χ0n) is 16.5. The second kappa shape index (κ2) is 8.61. The van der Waals surface area contributed by atoms with Gasteiger partial charge in [-0.15, -0.1) is 0 Å². The SMILES string of the molecule is Cc1ccc(OCCN2CCN(S(=O)(=O)c3ccc4c(c3)OCCO4)CC2)cc1. The summed E-state index contributed by atoms with van der Waals surface area (Å²) in [6, 6.07) is 12.8. The van der Waals surface area contributed by atoms with Gasteiger partial charge in [-0.05, 0) is 31.2 Å². The van der Waals surface area contributed by atoms with Crippen LogP contribution in [0.15, 0.2) is 47.4 Å². The molecule has 0 aliphatic carbocycles. The average Bonchev–Trinajstić information content (AvgIpc) is 2.75. The molecule has 2 aliphatic heterocycles. The first-order valence-corrected chi connectivity index (χ1v) is 11.3. The molecule has 8 heteroatoms. The van der Waals surface area contributed by atoms with Gasteiger partial charge in [0.1, 0.15) is 25.6 Å². The molecule has 0 spiro atoms. The van der Waals surface area contributed by atoms with E-state index >= 15 is 0 Å². The van der Waals surface area contributed by atoms with E-state index in [1.54, 1.807) is 18.2 Å². The Balaban J connectivity index is 1.30. The highest BCUT2D eigenvalue weighted by Gasteiger charge is 2.29. The van der Waals surface area contributed by atoms with Crippen LogP contribution in [0.2, 0.25) is 0 Å². The topological polar surface area (TPSA) is 68.3 Å². The minimum Gasteiger partial charge on any atom is -0.492 e. The van der Waals surface area contributed by atoms with Gasteiger partial charge < -0.3 is 14.2 Å². The van der Waals surface area contributed by atoms with Crippen molar-refractivity contribution in [2.75, 3.05) is 52.5 Å². The number of benzene rings is 2. The van der Waals surface area contributed by atoms with E-state index in [0.717, 1.165) is 12.3 Å². The van der Waals surface area contributed by atoms with Crippen molar-refractivity contribution in [2.45, 2.75) is 11.8 Å². The second-order valence-corrected chi connectivity index (χ2v) is 9.15. The lowest BCUT2D eigenvalue weighted by atomic mass is 10.2. The van der Waals surface area contributed by atoms with Gasteiger partial charge in [-0.1, -0.05) is 17.7 Å². The van der Waals surface area contributed by atoms with E-state index in [1.165, 1.54) is 9.87 Å². The first kappa shape index (κ1) is 20.0. The standard InChI is InChI=1S/C21H26N2O5S/c1-17-2-4-18(5-3-17)26-13-12-22-8-10-23(11-9-22)29(24,25)19-6-7-20-21(16-19)28-15-14-27-20/h2-7,16H,8-15H2,1H3. The molecule has 29 heavy (non-hydrogen) atoms. The normalized spacial score (nSPS) is 17.8. The summed E-state index contributed by atoms with van der Waals surface area (Å²) in [7, 11) is -3.55. The molecule has 0 unspecified atom stereocenters. The molecule has 156 valence electrons. The zero-order valence-corrected chi connectivity index (χ0v) is 17.4. The molecular formula is C21H26N2O5S. The van der Waals surface area contributed by atoms with Gasteiger partial charge in [-0.2, -0.15) is 4.31 Å². The Morgan fingerprint density at radius 1 is 0.931 bits per heavy atom. The van der Waals surface area contributed by atoms with Crippen molar-refractivity contribution in [3.8, 4) is 17.2 Å².